The topological polar surface area (TPSA) is 58.2 Å². The molecule has 4 nitrogen and oxygen atoms in total. The van der Waals surface area contributed by atoms with Gasteiger partial charge in [-0.05, 0) is 42.8 Å². The predicted molar refractivity (Wildman–Crippen MR) is 97.7 cm³/mol. The summed E-state index contributed by atoms with van der Waals surface area (Å²) in [7, 11) is 0. The summed E-state index contributed by atoms with van der Waals surface area (Å²) in [5, 5.41) is 5.38. The second-order valence-corrected chi connectivity index (χ2v) is 6.79. The smallest absolute Gasteiger partial charge is 0.243 e. The third kappa shape index (κ3) is 6.08. The summed E-state index contributed by atoms with van der Waals surface area (Å²) in [5.41, 5.74) is 1.75. The molecule has 0 bridgehead atoms. The highest BCUT2D eigenvalue weighted by atomic mass is 79.9. The van der Waals surface area contributed by atoms with Crippen LogP contribution in [0.2, 0.25) is 0 Å². The Morgan fingerprint density at radius 1 is 1.09 bits per heavy atom. The summed E-state index contributed by atoms with van der Waals surface area (Å²) in [5.74, 6) is -0.125. The molecule has 0 unspecified atom stereocenters. The first-order chi connectivity index (χ1) is 11.0. The van der Waals surface area contributed by atoms with Crippen LogP contribution in [0.3, 0.4) is 0 Å². The van der Waals surface area contributed by atoms with Crippen molar-refractivity contribution in [2.45, 2.75) is 11.8 Å². The molecule has 0 aliphatic heterocycles. The lowest BCUT2D eigenvalue weighted by atomic mass is 10.2. The third-order valence-corrected chi connectivity index (χ3v) is 4.90. The zero-order valence-corrected chi connectivity index (χ0v) is 15.0. The minimum absolute atomic E-state index is 0.0384. The maximum Gasteiger partial charge on any atom is 0.243 e. The van der Waals surface area contributed by atoms with Crippen LogP contribution in [-0.4, -0.2) is 24.1 Å². The molecule has 23 heavy (non-hydrogen) atoms. The summed E-state index contributed by atoms with van der Waals surface area (Å²) >= 11 is 4.85. The molecule has 6 heteroatoms. The molecule has 0 heterocycles. The highest BCUT2D eigenvalue weighted by Crippen LogP contribution is 2.20. The standard InChI is InChI=1S/C17H17BrN2O2S/c1-12-9-13(7-8-15(12)18)20-16(21)10-19-17(22)11-23-14-5-3-2-4-6-14/h2-9H,10-11H2,1H3,(H,19,22)(H,20,21). The van der Waals surface area contributed by atoms with E-state index in [1.165, 1.54) is 11.8 Å². The molecule has 0 spiro atoms. The SMILES string of the molecule is Cc1cc(NC(=O)CNC(=O)CSc2ccccc2)ccc1Br. The van der Waals surface area contributed by atoms with Crippen LogP contribution in [0.25, 0.3) is 0 Å². The molecule has 0 aliphatic carbocycles. The summed E-state index contributed by atoms with van der Waals surface area (Å²) in [4.78, 5) is 24.6. The largest absolute Gasteiger partial charge is 0.346 e. The number of anilines is 1. The van der Waals surface area contributed by atoms with Crippen LogP contribution in [0, 0.1) is 6.92 Å². The monoisotopic (exact) mass is 392 g/mol. The molecule has 2 N–H and O–H groups in total. The second-order valence-electron chi connectivity index (χ2n) is 4.89. The molecule has 2 amide bonds. The molecule has 0 aliphatic rings. The van der Waals surface area contributed by atoms with Crippen molar-refractivity contribution in [1.29, 1.82) is 0 Å². The minimum Gasteiger partial charge on any atom is -0.346 e. The van der Waals surface area contributed by atoms with Gasteiger partial charge in [0.15, 0.2) is 0 Å². The van der Waals surface area contributed by atoms with Gasteiger partial charge in [-0.1, -0.05) is 34.1 Å². The number of carbonyl (C=O) groups is 2. The van der Waals surface area contributed by atoms with Crippen molar-refractivity contribution in [2.75, 3.05) is 17.6 Å². The van der Waals surface area contributed by atoms with Gasteiger partial charge < -0.3 is 10.6 Å². The lowest BCUT2D eigenvalue weighted by molar-refractivity contribution is -0.122. The Labute approximate surface area is 148 Å². The predicted octanol–water partition coefficient (Wildman–Crippen LogP) is 3.60. The van der Waals surface area contributed by atoms with Crippen molar-refractivity contribution in [3.8, 4) is 0 Å². The first-order valence-corrected chi connectivity index (χ1v) is 8.83. The van der Waals surface area contributed by atoms with Gasteiger partial charge in [-0.3, -0.25) is 9.59 Å². The van der Waals surface area contributed by atoms with Crippen molar-refractivity contribution >= 4 is 45.2 Å². The number of hydrogen-bond donors (Lipinski definition) is 2. The van der Waals surface area contributed by atoms with Gasteiger partial charge in [0.05, 0.1) is 12.3 Å². The van der Waals surface area contributed by atoms with E-state index in [1.807, 2.05) is 55.5 Å². The van der Waals surface area contributed by atoms with Crippen molar-refractivity contribution < 1.29 is 9.59 Å². The van der Waals surface area contributed by atoms with E-state index < -0.39 is 0 Å². The van der Waals surface area contributed by atoms with Crippen LogP contribution >= 0.6 is 27.7 Å². The molecule has 0 atom stereocenters. The Morgan fingerprint density at radius 3 is 2.52 bits per heavy atom. The Kier molecular flexibility index (Phi) is 6.67. The number of amides is 2. The van der Waals surface area contributed by atoms with Gasteiger partial charge in [-0.25, -0.2) is 0 Å². The van der Waals surface area contributed by atoms with Crippen molar-refractivity contribution in [3.63, 3.8) is 0 Å². The Balaban J connectivity index is 1.73. The van der Waals surface area contributed by atoms with Crippen LogP contribution in [0.15, 0.2) is 57.9 Å². The van der Waals surface area contributed by atoms with Crippen molar-refractivity contribution in [1.82, 2.24) is 5.32 Å². The minimum atomic E-state index is -0.246. The number of aryl methyl sites for hydroxylation is 1. The third-order valence-electron chi connectivity index (χ3n) is 3.00. The maximum absolute atomic E-state index is 11.8. The molecule has 0 radical (unpaired) electrons. The van der Waals surface area contributed by atoms with Crippen molar-refractivity contribution in [3.05, 3.63) is 58.6 Å². The number of rotatable bonds is 6. The van der Waals surface area contributed by atoms with E-state index in [4.69, 9.17) is 0 Å². The first-order valence-electron chi connectivity index (χ1n) is 7.05. The molecule has 0 saturated carbocycles. The van der Waals surface area contributed by atoms with Crippen LogP contribution in [0.4, 0.5) is 5.69 Å². The maximum atomic E-state index is 11.8. The average molecular weight is 393 g/mol. The molecule has 2 aromatic carbocycles. The number of nitrogens with one attached hydrogen (secondary N) is 2. The van der Waals surface area contributed by atoms with Gasteiger partial charge in [0.25, 0.3) is 0 Å². The Bertz CT molecular complexity index is 692. The molecular formula is C17H17BrN2O2S. The normalized spacial score (nSPS) is 10.2. The van der Waals surface area contributed by atoms with E-state index in [0.717, 1.165) is 14.9 Å². The van der Waals surface area contributed by atoms with E-state index in [2.05, 4.69) is 26.6 Å². The van der Waals surface area contributed by atoms with Crippen LogP contribution in [0.5, 0.6) is 0 Å². The molecule has 0 saturated heterocycles. The fourth-order valence-corrected chi connectivity index (χ4v) is 2.82. The zero-order chi connectivity index (χ0) is 16.7. The lowest BCUT2D eigenvalue weighted by Gasteiger charge is -2.08. The van der Waals surface area contributed by atoms with E-state index in [-0.39, 0.29) is 24.1 Å². The van der Waals surface area contributed by atoms with Gasteiger partial charge in [-0.2, -0.15) is 0 Å². The number of benzene rings is 2. The summed E-state index contributed by atoms with van der Waals surface area (Å²) in [6.45, 7) is 1.91. The van der Waals surface area contributed by atoms with Gasteiger partial charge in [-0.15, -0.1) is 11.8 Å². The van der Waals surface area contributed by atoms with Gasteiger partial charge in [0, 0.05) is 15.1 Å². The Morgan fingerprint density at radius 2 is 1.83 bits per heavy atom. The molecular weight excluding hydrogens is 376 g/mol. The van der Waals surface area contributed by atoms with Crippen LogP contribution in [0.1, 0.15) is 5.56 Å². The van der Waals surface area contributed by atoms with Gasteiger partial charge in [0.2, 0.25) is 11.8 Å². The highest BCUT2D eigenvalue weighted by molar-refractivity contribution is 9.10. The quantitative estimate of drug-likeness (QED) is 0.738. The number of halogens is 1. The summed E-state index contributed by atoms with van der Waals surface area (Å²) < 4.78 is 0.988. The van der Waals surface area contributed by atoms with Crippen LogP contribution < -0.4 is 10.6 Å². The molecule has 120 valence electrons. The molecule has 0 fully saturated rings. The van der Waals surface area contributed by atoms with E-state index in [0.29, 0.717) is 5.69 Å². The molecule has 0 aromatic heterocycles. The van der Waals surface area contributed by atoms with Crippen LogP contribution in [-0.2, 0) is 9.59 Å². The zero-order valence-electron chi connectivity index (χ0n) is 12.6. The fourth-order valence-electron chi connectivity index (χ4n) is 1.82. The number of thioether (sulfide) groups is 1. The van der Waals surface area contributed by atoms with Crippen molar-refractivity contribution in [2.24, 2.45) is 0 Å². The number of carbonyl (C=O) groups excluding carboxylic acids is 2. The number of hydrogen-bond acceptors (Lipinski definition) is 3. The van der Waals surface area contributed by atoms with Gasteiger partial charge in [0.1, 0.15) is 0 Å². The first kappa shape index (κ1) is 17.6. The average Bonchev–Trinajstić information content (AvgIpc) is 2.55. The summed E-state index contributed by atoms with van der Waals surface area (Å²) in [6.07, 6.45) is 0. The van der Waals surface area contributed by atoms with E-state index in [1.54, 1.807) is 0 Å². The van der Waals surface area contributed by atoms with E-state index >= 15 is 0 Å². The second kappa shape index (κ2) is 8.74. The Hall–Kier alpha value is -1.79. The lowest BCUT2D eigenvalue weighted by Crippen LogP contribution is -2.33. The highest BCUT2D eigenvalue weighted by Gasteiger charge is 2.07. The van der Waals surface area contributed by atoms with Gasteiger partial charge >= 0.3 is 0 Å². The molecule has 2 rings (SSSR count). The molecule has 2 aromatic rings. The summed E-state index contributed by atoms with van der Waals surface area (Å²) in [6, 6.07) is 15.2. The van der Waals surface area contributed by atoms with E-state index in [9.17, 15) is 9.59 Å². The fraction of sp³-hybridized carbons (Fsp3) is 0.176.